The fourth-order valence-corrected chi connectivity index (χ4v) is 3.29. The van der Waals surface area contributed by atoms with Crippen molar-refractivity contribution in [3.8, 4) is 0 Å². The van der Waals surface area contributed by atoms with Gasteiger partial charge in [-0.1, -0.05) is 30.5 Å². The lowest BCUT2D eigenvalue weighted by Gasteiger charge is -2.17. The third-order valence-electron chi connectivity index (χ3n) is 3.74. The molecule has 2 nitrogen and oxygen atoms in total. The molecule has 1 heterocycles. The van der Waals surface area contributed by atoms with Crippen molar-refractivity contribution >= 4 is 34.2 Å². The standard InChI is InChI=1S/C14H16Cl2N2/c1-9(15)14-17-13-11(16)7-4-8-12(13)18(14)10-5-2-3-6-10/h4,7-10H,2-3,5-6H2,1H3. The zero-order chi connectivity index (χ0) is 12.7. The second-order valence-electron chi connectivity index (χ2n) is 5.00. The summed E-state index contributed by atoms with van der Waals surface area (Å²) in [4.78, 5) is 4.66. The van der Waals surface area contributed by atoms with E-state index in [1.165, 1.54) is 25.7 Å². The van der Waals surface area contributed by atoms with E-state index in [9.17, 15) is 0 Å². The fourth-order valence-electron chi connectivity index (χ4n) is 2.93. The minimum absolute atomic E-state index is 0.0888. The fraction of sp³-hybridized carbons (Fsp3) is 0.500. The molecule has 0 bridgehead atoms. The summed E-state index contributed by atoms with van der Waals surface area (Å²) < 4.78 is 2.31. The Bertz CT molecular complexity index is 568. The van der Waals surface area contributed by atoms with E-state index < -0.39 is 0 Å². The Hall–Kier alpha value is -0.730. The molecule has 2 aromatic rings. The zero-order valence-corrected chi connectivity index (χ0v) is 11.9. The highest BCUT2D eigenvalue weighted by atomic mass is 35.5. The summed E-state index contributed by atoms with van der Waals surface area (Å²) in [5, 5.41) is 0.622. The molecule has 0 saturated heterocycles. The van der Waals surface area contributed by atoms with Gasteiger partial charge in [0.15, 0.2) is 0 Å². The zero-order valence-electron chi connectivity index (χ0n) is 10.4. The SMILES string of the molecule is CC(Cl)c1nc2c(Cl)cccc2n1C1CCCC1. The number of alkyl halides is 1. The number of rotatable bonds is 2. The maximum atomic E-state index is 6.28. The van der Waals surface area contributed by atoms with Gasteiger partial charge in [-0.3, -0.25) is 0 Å². The maximum absolute atomic E-state index is 6.28. The second kappa shape index (κ2) is 4.75. The Morgan fingerprint density at radius 3 is 2.72 bits per heavy atom. The molecule has 1 aromatic heterocycles. The molecule has 1 unspecified atom stereocenters. The Kier molecular flexibility index (Phi) is 3.25. The number of hydrogen-bond acceptors (Lipinski definition) is 1. The van der Waals surface area contributed by atoms with E-state index in [-0.39, 0.29) is 5.38 Å². The van der Waals surface area contributed by atoms with Crippen LogP contribution in [0.15, 0.2) is 18.2 Å². The quantitative estimate of drug-likeness (QED) is 0.701. The van der Waals surface area contributed by atoms with Gasteiger partial charge in [0.1, 0.15) is 11.3 Å². The monoisotopic (exact) mass is 282 g/mol. The lowest BCUT2D eigenvalue weighted by atomic mass is 10.2. The summed E-state index contributed by atoms with van der Waals surface area (Å²) in [5.41, 5.74) is 2.01. The van der Waals surface area contributed by atoms with Crippen LogP contribution in [0.4, 0.5) is 0 Å². The van der Waals surface area contributed by atoms with Crippen LogP contribution in [-0.4, -0.2) is 9.55 Å². The molecule has 0 spiro atoms. The normalized spacial score (nSPS) is 18.6. The number of fused-ring (bicyclic) bond motifs is 1. The van der Waals surface area contributed by atoms with Gasteiger partial charge in [-0.05, 0) is 31.9 Å². The van der Waals surface area contributed by atoms with Crippen LogP contribution in [0.5, 0.6) is 0 Å². The van der Waals surface area contributed by atoms with Crippen molar-refractivity contribution in [2.45, 2.75) is 44.0 Å². The minimum atomic E-state index is -0.0888. The summed E-state index contributed by atoms with van der Waals surface area (Å²) in [6, 6.07) is 6.50. The number of halogens is 2. The van der Waals surface area contributed by atoms with Crippen molar-refractivity contribution in [2.24, 2.45) is 0 Å². The first kappa shape index (κ1) is 12.3. The molecule has 3 rings (SSSR count). The summed E-state index contributed by atoms with van der Waals surface area (Å²) in [7, 11) is 0. The molecule has 1 aliphatic carbocycles. The summed E-state index contributed by atoms with van der Waals surface area (Å²) >= 11 is 12.5. The van der Waals surface area contributed by atoms with Crippen molar-refractivity contribution in [3.63, 3.8) is 0 Å². The van der Waals surface area contributed by atoms with Crippen molar-refractivity contribution in [3.05, 3.63) is 29.0 Å². The summed E-state index contributed by atoms with van der Waals surface area (Å²) in [6.45, 7) is 1.97. The van der Waals surface area contributed by atoms with Crippen LogP contribution in [0.25, 0.3) is 11.0 Å². The Balaban J connectivity index is 2.25. The number of hydrogen-bond donors (Lipinski definition) is 0. The molecule has 1 fully saturated rings. The van der Waals surface area contributed by atoms with Crippen LogP contribution in [0.2, 0.25) is 5.02 Å². The van der Waals surface area contributed by atoms with Gasteiger partial charge in [0.2, 0.25) is 0 Å². The van der Waals surface area contributed by atoms with Gasteiger partial charge < -0.3 is 4.57 Å². The van der Waals surface area contributed by atoms with E-state index in [2.05, 4.69) is 15.6 Å². The molecule has 18 heavy (non-hydrogen) atoms. The van der Waals surface area contributed by atoms with Crippen LogP contribution in [0.1, 0.15) is 49.9 Å². The third-order valence-corrected chi connectivity index (χ3v) is 4.24. The molecule has 1 atom stereocenters. The lowest BCUT2D eigenvalue weighted by Crippen LogP contribution is -2.09. The first-order valence-corrected chi connectivity index (χ1v) is 7.30. The van der Waals surface area contributed by atoms with Crippen molar-refractivity contribution in [1.29, 1.82) is 0 Å². The Labute approximate surface area is 117 Å². The molecular formula is C14H16Cl2N2. The van der Waals surface area contributed by atoms with E-state index in [0.29, 0.717) is 11.1 Å². The molecular weight excluding hydrogens is 267 g/mol. The number of para-hydroxylation sites is 1. The van der Waals surface area contributed by atoms with Gasteiger partial charge >= 0.3 is 0 Å². The van der Waals surface area contributed by atoms with Crippen LogP contribution in [-0.2, 0) is 0 Å². The van der Waals surface area contributed by atoms with Crippen molar-refractivity contribution < 1.29 is 0 Å². The van der Waals surface area contributed by atoms with Crippen LogP contribution in [0, 0.1) is 0 Å². The van der Waals surface area contributed by atoms with Gasteiger partial charge in [0.25, 0.3) is 0 Å². The average molecular weight is 283 g/mol. The molecule has 0 N–H and O–H groups in total. The predicted octanol–water partition coefficient (Wildman–Crippen LogP) is 5.10. The lowest BCUT2D eigenvalue weighted by molar-refractivity contribution is 0.510. The van der Waals surface area contributed by atoms with Crippen LogP contribution in [0.3, 0.4) is 0 Å². The first-order valence-electron chi connectivity index (χ1n) is 6.49. The van der Waals surface area contributed by atoms with E-state index in [4.69, 9.17) is 23.2 Å². The molecule has 0 aliphatic heterocycles. The highest BCUT2D eigenvalue weighted by Gasteiger charge is 2.24. The van der Waals surface area contributed by atoms with E-state index in [1.807, 2.05) is 19.1 Å². The molecule has 96 valence electrons. The third kappa shape index (κ3) is 1.92. The smallest absolute Gasteiger partial charge is 0.128 e. The van der Waals surface area contributed by atoms with E-state index in [1.54, 1.807) is 0 Å². The number of aromatic nitrogens is 2. The van der Waals surface area contributed by atoms with Crippen molar-refractivity contribution in [1.82, 2.24) is 9.55 Å². The molecule has 4 heteroatoms. The molecule has 0 radical (unpaired) electrons. The molecule has 1 aromatic carbocycles. The highest BCUT2D eigenvalue weighted by Crippen LogP contribution is 2.37. The number of nitrogens with zero attached hydrogens (tertiary/aromatic N) is 2. The van der Waals surface area contributed by atoms with Crippen LogP contribution >= 0.6 is 23.2 Å². The largest absolute Gasteiger partial charge is 0.324 e. The van der Waals surface area contributed by atoms with Gasteiger partial charge in [-0.15, -0.1) is 11.6 Å². The topological polar surface area (TPSA) is 17.8 Å². The number of benzene rings is 1. The highest BCUT2D eigenvalue weighted by molar-refractivity contribution is 6.35. The van der Waals surface area contributed by atoms with Gasteiger partial charge in [0.05, 0.1) is 15.9 Å². The minimum Gasteiger partial charge on any atom is -0.324 e. The number of imidazole rings is 1. The first-order chi connectivity index (χ1) is 8.68. The van der Waals surface area contributed by atoms with Gasteiger partial charge in [-0.25, -0.2) is 4.98 Å². The van der Waals surface area contributed by atoms with Gasteiger partial charge in [-0.2, -0.15) is 0 Å². The van der Waals surface area contributed by atoms with Crippen molar-refractivity contribution in [2.75, 3.05) is 0 Å². The molecule has 1 saturated carbocycles. The van der Waals surface area contributed by atoms with E-state index >= 15 is 0 Å². The summed E-state index contributed by atoms with van der Waals surface area (Å²) in [6.07, 6.45) is 5.02. The maximum Gasteiger partial charge on any atom is 0.128 e. The Morgan fingerprint density at radius 1 is 1.33 bits per heavy atom. The average Bonchev–Trinajstić information content (AvgIpc) is 2.94. The van der Waals surface area contributed by atoms with Crippen LogP contribution < -0.4 is 0 Å². The van der Waals surface area contributed by atoms with E-state index in [0.717, 1.165) is 16.9 Å². The molecule has 1 aliphatic rings. The summed E-state index contributed by atoms with van der Waals surface area (Å²) in [5.74, 6) is 0.951. The second-order valence-corrected chi connectivity index (χ2v) is 6.06. The predicted molar refractivity (Wildman–Crippen MR) is 76.5 cm³/mol. The Morgan fingerprint density at radius 2 is 2.06 bits per heavy atom. The van der Waals surface area contributed by atoms with Gasteiger partial charge in [0, 0.05) is 6.04 Å². The molecule has 0 amide bonds.